The first-order chi connectivity index (χ1) is 9.42. The van der Waals surface area contributed by atoms with Crippen LogP contribution in [0.15, 0.2) is 0 Å². The van der Waals surface area contributed by atoms with Crippen molar-refractivity contribution in [2.75, 3.05) is 19.6 Å². The van der Waals surface area contributed by atoms with E-state index in [9.17, 15) is 35.9 Å². The van der Waals surface area contributed by atoms with Crippen molar-refractivity contribution in [3.8, 4) is 0 Å². The molecule has 1 saturated heterocycles. The normalized spacial score (nSPS) is 23.2. The van der Waals surface area contributed by atoms with Gasteiger partial charge >= 0.3 is 24.4 Å². The molecule has 0 radical (unpaired) electrons. The maximum Gasteiger partial charge on any atom is 0.394 e. The Labute approximate surface area is 114 Å². The lowest BCUT2D eigenvalue weighted by molar-refractivity contribution is -0.187. The SMILES string of the molecule is O=C(O)[C@@H]1CN(C(=O)NCCC(F)(F)F)C[C@H]1C(F)(F)F. The van der Waals surface area contributed by atoms with E-state index in [-0.39, 0.29) is 0 Å². The number of nitrogens with zero attached hydrogens (tertiary/aromatic N) is 1. The van der Waals surface area contributed by atoms with Gasteiger partial charge in [-0.25, -0.2) is 4.79 Å². The van der Waals surface area contributed by atoms with Gasteiger partial charge in [-0.2, -0.15) is 26.3 Å². The van der Waals surface area contributed by atoms with E-state index in [0.717, 1.165) is 0 Å². The molecule has 0 unspecified atom stereocenters. The number of amides is 2. The molecule has 1 aliphatic rings. The van der Waals surface area contributed by atoms with Gasteiger partial charge < -0.3 is 15.3 Å². The van der Waals surface area contributed by atoms with E-state index >= 15 is 0 Å². The van der Waals surface area contributed by atoms with Gasteiger partial charge in [0, 0.05) is 19.6 Å². The minimum Gasteiger partial charge on any atom is -0.481 e. The van der Waals surface area contributed by atoms with Gasteiger partial charge in [-0.15, -0.1) is 0 Å². The zero-order valence-corrected chi connectivity index (χ0v) is 10.5. The fourth-order valence-electron chi connectivity index (χ4n) is 1.97. The Morgan fingerprint density at radius 1 is 1.14 bits per heavy atom. The fourth-order valence-corrected chi connectivity index (χ4v) is 1.97. The van der Waals surface area contributed by atoms with E-state index < -0.39 is 62.2 Å². The topological polar surface area (TPSA) is 69.6 Å². The third-order valence-corrected chi connectivity index (χ3v) is 3.03. The Morgan fingerprint density at radius 3 is 2.10 bits per heavy atom. The number of carbonyl (C=O) groups excluding carboxylic acids is 1. The van der Waals surface area contributed by atoms with Crippen molar-refractivity contribution in [3.63, 3.8) is 0 Å². The summed E-state index contributed by atoms with van der Waals surface area (Å²) in [5.41, 5.74) is 0. The van der Waals surface area contributed by atoms with Crippen LogP contribution >= 0.6 is 0 Å². The molecule has 0 aromatic rings. The van der Waals surface area contributed by atoms with Crippen molar-refractivity contribution in [2.24, 2.45) is 11.8 Å². The molecular formula is C10H12F6N2O3. The second kappa shape index (κ2) is 5.98. The molecule has 1 rings (SSSR count). The van der Waals surface area contributed by atoms with Gasteiger partial charge in [-0.05, 0) is 0 Å². The molecule has 2 atom stereocenters. The van der Waals surface area contributed by atoms with Gasteiger partial charge in [0.05, 0.1) is 18.3 Å². The van der Waals surface area contributed by atoms with Crippen LogP contribution in [0.4, 0.5) is 31.1 Å². The number of hydrogen-bond donors (Lipinski definition) is 2. The van der Waals surface area contributed by atoms with Gasteiger partial charge in [0.1, 0.15) is 0 Å². The average Bonchev–Trinajstić information content (AvgIpc) is 2.71. The number of hydrogen-bond acceptors (Lipinski definition) is 2. The zero-order chi connectivity index (χ0) is 16.4. The monoisotopic (exact) mass is 322 g/mol. The number of rotatable bonds is 3. The van der Waals surface area contributed by atoms with E-state index in [1.54, 1.807) is 0 Å². The lowest BCUT2D eigenvalue weighted by atomic mass is 9.96. The third kappa shape index (κ3) is 4.97. The highest BCUT2D eigenvalue weighted by Crippen LogP contribution is 2.37. The van der Waals surface area contributed by atoms with Crippen molar-refractivity contribution in [2.45, 2.75) is 18.8 Å². The van der Waals surface area contributed by atoms with Crippen LogP contribution in [0.5, 0.6) is 0 Å². The van der Waals surface area contributed by atoms with E-state index in [4.69, 9.17) is 5.11 Å². The minimum absolute atomic E-state index is 0.563. The number of likely N-dealkylation sites (tertiary alicyclic amines) is 1. The molecule has 0 saturated carbocycles. The van der Waals surface area contributed by atoms with Crippen molar-refractivity contribution < 1.29 is 41.0 Å². The van der Waals surface area contributed by atoms with E-state index in [1.165, 1.54) is 0 Å². The summed E-state index contributed by atoms with van der Waals surface area (Å²) in [6, 6.07) is -1.14. The molecule has 1 aliphatic heterocycles. The van der Waals surface area contributed by atoms with Crippen LogP contribution in [0.2, 0.25) is 0 Å². The first kappa shape index (κ1) is 17.4. The van der Waals surface area contributed by atoms with E-state index in [2.05, 4.69) is 0 Å². The fraction of sp³-hybridized carbons (Fsp3) is 0.800. The number of carbonyl (C=O) groups is 2. The third-order valence-electron chi connectivity index (χ3n) is 3.03. The molecule has 0 bridgehead atoms. The van der Waals surface area contributed by atoms with Crippen LogP contribution in [0.3, 0.4) is 0 Å². The largest absolute Gasteiger partial charge is 0.481 e. The standard InChI is InChI=1S/C10H12F6N2O3/c11-9(12,13)1-2-17-8(21)18-3-5(7(19)20)6(4-18)10(14,15)16/h5-6H,1-4H2,(H,17,21)(H,19,20)/t5-,6-/m1/s1. The van der Waals surface area contributed by atoms with Crippen LogP contribution in [0.25, 0.3) is 0 Å². The molecule has 11 heteroatoms. The van der Waals surface area contributed by atoms with Crippen LogP contribution in [0, 0.1) is 11.8 Å². The Morgan fingerprint density at radius 2 is 1.71 bits per heavy atom. The summed E-state index contributed by atoms with van der Waals surface area (Å²) >= 11 is 0. The van der Waals surface area contributed by atoms with Crippen LogP contribution in [-0.2, 0) is 4.79 Å². The van der Waals surface area contributed by atoms with Crippen LogP contribution in [0.1, 0.15) is 6.42 Å². The Bertz CT molecular complexity index is 409. The maximum absolute atomic E-state index is 12.6. The summed E-state index contributed by atoms with van der Waals surface area (Å²) in [6.07, 6.45) is -10.6. The molecule has 0 aliphatic carbocycles. The lowest BCUT2D eigenvalue weighted by Crippen LogP contribution is -2.40. The van der Waals surface area contributed by atoms with Crippen molar-refractivity contribution in [1.82, 2.24) is 10.2 Å². The van der Waals surface area contributed by atoms with Gasteiger partial charge in [0.15, 0.2) is 0 Å². The quantitative estimate of drug-likeness (QED) is 0.779. The molecule has 2 N–H and O–H groups in total. The van der Waals surface area contributed by atoms with Gasteiger partial charge in [-0.1, -0.05) is 0 Å². The molecular weight excluding hydrogens is 310 g/mol. The number of carboxylic acids is 1. The maximum atomic E-state index is 12.6. The highest BCUT2D eigenvalue weighted by molar-refractivity contribution is 5.77. The smallest absolute Gasteiger partial charge is 0.394 e. The number of halogens is 6. The summed E-state index contributed by atoms with van der Waals surface area (Å²) < 4.78 is 73.6. The highest BCUT2D eigenvalue weighted by atomic mass is 19.4. The zero-order valence-electron chi connectivity index (χ0n) is 10.5. The van der Waals surface area contributed by atoms with Gasteiger partial charge in [0.25, 0.3) is 0 Å². The summed E-state index contributed by atoms with van der Waals surface area (Å²) in [7, 11) is 0. The molecule has 0 aromatic heterocycles. The predicted octanol–water partition coefficient (Wildman–Crippen LogP) is 1.84. The van der Waals surface area contributed by atoms with Crippen LogP contribution < -0.4 is 5.32 Å². The number of aliphatic carboxylic acids is 1. The van der Waals surface area contributed by atoms with Crippen molar-refractivity contribution >= 4 is 12.0 Å². The van der Waals surface area contributed by atoms with Crippen LogP contribution in [-0.4, -0.2) is 54.0 Å². The molecule has 21 heavy (non-hydrogen) atoms. The second-order valence-corrected chi connectivity index (χ2v) is 4.59. The number of carboxylic acid groups (broad SMARTS) is 1. The Kier molecular flexibility index (Phi) is 4.95. The number of nitrogens with one attached hydrogen (secondary N) is 1. The Hall–Kier alpha value is -1.68. The Balaban J connectivity index is 2.61. The van der Waals surface area contributed by atoms with Gasteiger partial charge in [0.2, 0.25) is 0 Å². The highest BCUT2D eigenvalue weighted by Gasteiger charge is 2.53. The van der Waals surface area contributed by atoms with Crippen molar-refractivity contribution in [1.29, 1.82) is 0 Å². The molecule has 0 aromatic carbocycles. The summed E-state index contributed by atoms with van der Waals surface area (Å²) in [6.45, 7) is -2.37. The molecule has 2 amide bonds. The van der Waals surface area contributed by atoms with Crippen molar-refractivity contribution in [3.05, 3.63) is 0 Å². The second-order valence-electron chi connectivity index (χ2n) is 4.59. The molecule has 1 fully saturated rings. The molecule has 122 valence electrons. The first-order valence-electron chi connectivity index (χ1n) is 5.81. The number of alkyl halides is 6. The summed E-state index contributed by atoms with van der Waals surface area (Å²) in [5, 5.41) is 10.5. The lowest BCUT2D eigenvalue weighted by Gasteiger charge is -2.18. The predicted molar refractivity (Wildman–Crippen MR) is 56.3 cm³/mol. The van der Waals surface area contributed by atoms with E-state index in [0.29, 0.717) is 4.90 Å². The molecule has 5 nitrogen and oxygen atoms in total. The minimum atomic E-state index is -4.80. The van der Waals surface area contributed by atoms with Gasteiger partial charge in [-0.3, -0.25) is 4.79 Å². The summed E-state index contributed by atoms with van der Waals surface area (Å²) in [4.78, 5) is 22.8. The molecule has 1 heterocycles. The number of urea groups is 1. The first-order valence-corrected chi connectivity index (χ1v) is 5.81. The summed E-state index contributed by atoms with van der Waals surface area (Å²) in [5.74, 6) is -5.76. The molecule has 0 spiro atoms. The van der Waals surface area contributed by atoms with E-state index in [1.807, 2.05) is 5.32 Å². The average molecular weight is 322 g/mol.